The molecule has 2 fully saturated rings. The van der Waals surface area contributed by atoms with Crippen molar-refractivity contribution in [2.75, 3.05) is 32.8 Å². The maximum atomic E-state index is 14.5. The fourth-order valence-electron chi connectivity index (χ4n) is 4.40. The summed E-state index contributed by atoms with van der Waals surface area (Å²) in [6.07, 6.45) is -11.1. The molecule has 2 N–H and O–H groups in total. The molecule has 0 bridgehead atoms. The van der Waals surface area contributed by atoms with Crippen LogP contribution >= 0.6 is 0 Å². The molecule has 1 amide bonds. The Hall–Kier alpha value is -2.70. The quantitative estimate of drug-likeness (QED) is 0.410. The van der Waals surface area contributed by atoms with Gasteiger partial charge in [0.15, 0.2) is 6.29 Å². The summed E-state index contributed by atoms with van der Waals surface area (Å²) < 4.78 is 181. The van der Waals surface area contributed by atoms with Crippen molar-refractivity contribution in [2.45, 2.75) is 62.3 Å². The molecule has 0 saturated carbocycles. The highest BCUT2D eigenvalue weighted by atomic mass is 32.2. The average Bonchev–Trinajstić information content (AvgIpc) is 3.65. The van der Waals surface area contributed by atoms with Crippen LogP contribution in [0.5, 0.6) is 5.75 Å². The second kappa shape index (κ2) is 12.4. The monoisotopic (exact) mass is 590 g/mol. The fourth-order valence-corrected chi connectivity index (χ4v) is 5.72. The van der Waals surface area contributed by atoms with Gasteiger partial charge in [0.2, 0.25) is 10.0 Å². The molecule has 0 spiro atoms. The van der Waals surface area contributed by atoms with Crippen molar-refractivity contribution >= 4 is 16.1 Å². The Morgan fingerprint density at radius 2 is 2.15 bits per heavy atom. The first-order chi connectivity index (χ1) is 25.3. The van der Waals surface area contributed by atoms with Gasteiger partial charge in [-0.25, -0.2) is 13.2 Å². The van der Waals surface area contributed by atoms with Crippen LogP contribution in [-0.2, 0) is 37.0 Å². The topological polar surface area (TPSA) is 124 Å². The molecular weight excluding hydrogens is 536 g/mol. The van der Waals surface area contributed by atoms with Crippen LogP contribution in [0.2, 0.25) is 0 Å². The van der Waals surface area contributed by atoms with Crippen LogP contribution in [0.15, 0.2) is 53.4 Å². The number of benzene rings is 2. The number of aryl methyl sites for hydroxylation is 1. The first-order valence-corrected chi connectivity index (χ1v) is 13.7. The minimum Gasteiger partial charge on any atom is -0.493 e. The van der Waals surface area contributed by atoms with Gasteiger partial charge in [0.05, 0.1) is 49.5 Å². The van der Waals surface area contributed by atoms with Crippen LogP contribution in [0.1, 0.15) is 53.2 Å². The van der Waals surface area contributed by atoms with Gasteiger partial charge in [0.1, 0.15) is 11.8 Å². The number of nitrogens with zero attached hydrogens (tertiary/aromatic N) is 1. The highest BCUT2D eigenvalue weighted by Gasteiger charge is 2.44. The van der Waals surface area contributed by atoms with E-state index in [2.05, 4.69) is 5.32 Å². The first-order valence-electron chi connectivity index (χ1n) is 20.2. The van der Waals surface area contributed by atoms with Gasteiger partial charge >= 0.3 is 6.09 Å². The summed E-state index contributed by atoms with van der Waals surface area (Å²) in [5, 5.41) is 14.0. The molecule has 218 valence electrons. The van der Waals surface area contributed by atoms with E-state index in [9.17, 15) is 18.3 Å². The number of alkyl carbamates (subject to hydrolysis) is 1. The second-order valence-corrected chi connectivity index (χ2v) is 11.0. The molecule has 0 aromatic heterocycles. The van der Waals surface area contributed by atoms with E-state index in [-0.39, 0.29) is 13.0 Å². The number of hydrogen-bond acceptors (Lipinski definition) is 8. The number of fused-ring (bicyclic) bond motifs is 2. The Morgan fingerprint density at radius 3 is 2.95 bits per heavy atom. The molecule has 10 nitrogen and oxygen atoms in total. The molecule has 5 rings (SSSR count). The van der Waals surface area contributed by atoms with Crippen molar-refractivity contribution in [1.82, 2.24) is 9.62 Å². The number of sulfonamides is 1. The van der Waals surface area contributed by atoms with Crippen LogP contribution in [0.3, 0.4) is 0 Å². The minimum atomic E-state index is -5.68. The number of rotatable bonds is 11. The first kappa shape index (κ1) is 15.0. The number of nitrogens with one attached hydrogen (secondary N) is 1. The number of hydrogen-bond donors (Lipinski definition) is 2. The maximum absolute atomic E-state index is 14.5. The van der Waals surface area contributed by atoms with E-state index in [0.717, 1.165) is 6.07 Å². The third kappa shape index (κ3) is 6.60. The molecule has 2 aromatic rings. The summed E-state index contributed by atoms with van der Waals surface area (Å²) in [6, 6.07) is 8.07. The van der Waals surface area contributed by atoms with Gasteiger partial charge in [-0.3, -0.25) is 0 Å². The zero-order valence-electron chi connectivity index (χ0n) is 36.9. The maximum Gasteiger partial charge on any atom is 0.407 e. The fraction of sp³-hybridized carbons (Fsp3) is 0.552. The number of aliphatic hydroxyl groups excluding tert-OH is 1. The lowest BCUT2D eigenvalue weighted by molar-refractivity contribution is -0.0907. The highest BCUT2D eigenvalue weighted by molar-refractivity contribution is 7.89. The molecule has 2 saturated heterocycles. The van der Waals surface area contributed by atoms with Crippen molar-refractivity contribution < 1.29 is 59.2 Å². The van der Waals surface area contributed by atoms with Gasteiger partial charge in [0, 0.05) is 34.5 Å². The Kier molecular flexibility index (Phi) is 4.66. The van der Waals surface area contributed by atoms with Crippen LogP contribution < -0.4 is 10.1 Å². The van der Waals surface area contributed by atoms with Gasteiger partial charge in [-0.2, -0.15) is 4.31 Å². The molecule has 0 radical (unpaired) electrons. The summed E-state index contributed by atoms with van der Waals surface area (Å²) in [5.74, 6) is -5.82. The largest absolute Gasteiger partial charge is 0.493 e. The van der Waals surface area contributed by atoms with Gasteiger partial charge < -0.3 is 29.4 Å². The van der Waals surface area contributed by atoms with Gasteiger partial charge in [-0.15, -0.1) is 0 Å². The predicted molar refractivity (Wildman–Crippen MR) is 146 cm³/mol. The Morgan fingerprint density at radius 1 is 1.32 bits per heavy atom. The molecule has 3 aliphatic rings. The summed E-state index contributed by atoms with van der Waals surface area (Å²) >= 11 is 0. The highest BCUT2D eigenvalue weighted by Crippen LogP contribution is 2.33. The lowest BCUT2D eigenvalue weighted by Gasteiger charge is -2.31. The third-order valence-electron chi connectivity index (χ3n) is 6.40. The summed E-state index contributed by atoms with van der Waals surface area (Å²) in [4.78, 5) is 12.4. The van der Waals surface area contributed by atoms with E-state index < -0.39 is 126 Å². The molecule has 3 aliphatic heterocycles. The van der Waals surface area contributed by atoms with Gasteiger partial charge in [0.25, 0.3) is 0 Å². The zero-order valence-corrected chi connectivity index (χ0v) is 21.7. The van der Waals surface area contributed by atoms with Crippen LogP contribution in [-0.4, -0.2) is 81.2 Å². The predicted octanol–water partition coefficient (Wildman–Crippen LogP) is 2.73. The smallest absolute Gasteiger partial charge is 0.407 e. The van der Waals surface area contributed by atoms with Gasteiger partial charge in [-0.05, 0) is 48.1 Å². The summed E-state index contributed by atoms with van der Waals surface area (Å²) in [7, 11) is -5.68. The lowest BCUT2D eigenvalue weighted by atomic mass is 10.0. The van der Waals surface area contributed by atoms with E-state index in [0.29, 0.717) is 17.7 Å². The van der Waals surface area contributed by atoms with Crippen LogP contribution in [0.25, 0.3) is 0 Å². The second-order valence-electron chi connectivity index (χ2n) is 9.13. The van der Waals surface area contributed by atoms with Crippen LogP contribution in [0, 0.1) is 11.8 Å². The molecule has 0 unspecified atom stereocenters. The third-order valence-corrected chi connectivity index (χ3v) is 8.07. The Balaban J connectivity index is 1.59. The number of aliphatic hydroxyl groups is 1. The summed E-state index contributed by atoms with van der Waals surface area (Å²) in [5.41, 5.74) is -0.316. The lowest BCUT2D eigenvalue weighted by Crippen LogP contribution is -2.51. The molecule has 0 aliphatic carbocycles. The van der Waals surface area contributed by atoms with Crippen molar-refractivity contribution in [3.8, 4) is 5.75 Å². The van der Waals surface area contributed by atoms with Crippen molar-refractivity contribution in [3.05, 3.63) is 59.7 Å². The normalized spacial score (nSPS) is 36.2. The average molecular weight is 591 g/mol. The Bertz CT molecular complexity index is 1900. The van der Waals surface area contributed by atoms with E-state index in [1.807, 2.05) is 0 Å². The number of ether oxygens (including phenoxy) is 4. The van der Waals surface area contributed by atoms with E-state index >= 15 is 0 Å². The van der Waals surface area contributed by atoms with Gasteiger partial charge in [-0.1, -0.05) is 44.0 Å². The van der Waals surface area contributed by atoms with Crippen LogP contribution in [0.4, 0.5) is 4.79 Å². The van der Waals surface area contributed by atoms with Crippen molar-refractivity contribution in [1.29, 1.82) is 0 Å². The number of amides is 1. The molecule has 40 heavy (non-hydrogen) atoms. The number of carbonyl (C=O) groups excluding carboxylic acids is 1. The Labute approximate surface area is 258 Å². The van der Waals surface area contributed by atoms with E-state index in [1.165, 1.54) is 12.1 Å². The van der Waals surface area contributed by atoms with E-state index in [4.69, 9.17) is 40.9 Å². The van der Waals surface area contributed by atoms with E-state index in [1.54, 1.807) is 18.2 Å². The van der Waals surface area contributed by atoms with Crippen molar-refractivity contribution in [3.63, 3.8) is 0 Å². The van der Waals surface area contributed by atoms with Crippen molar-refractivity contribution in [2.24, 2.45) is 11.8 Å². The minimum absolute atomic E-state index is 0.0531. The number of carbonyl (C=O) groups is 1. The zero-order chi connectivity index (χ0) is 42.3. The SMILES string of the molecule is [2H]C([2H])([2H])C([2H])(C([2H])([2H])[2H])C([2H])([2H])N(C[C@@H](O)[C@H](Cc1ccccc1)NC(=O)O[C@]1([2H])[C@@H]2CCO[C@@H]2OC1([2H])[2H])S(=O)(=O)c1ccc2c(c1)C([2H])([2H])C([2H])([2H])O2. The molecule has 11 heteroatoms. The molecule has 3 heterocycles. The molecular formula is C29H38N2O8S. The standard InChI is InChI=1S/C29H38N2O8S/c1-19(2)16-31(40(34,35)22-8-9-26-21(15-22)10-12-36-26)17-25(32)24(14-20-6-4-3-5-7-20)30-29(33)39-27-18-38-28-23(27)11-13-37-28/h3-9,15,19,23-25,27-28,32H,10-14,16-18H2,1-2H3,(H,30,33)/t23-,24-,25+,27-,28+/m0/s1/i1D3,2D3,10D2,12D2,16D2,18D2,19D,27D. The molecule has 5 atom stereocenters. The molecule has 2 aromatic carbocycles. The summed E-state index contributed by atoms with van der Waals surface area (Å²) in [6.45, 7) is -19.9.